The van der Waals surface area contributed by atoms with Crippen LogP contribution in [0.25, 0.3) is 0 Å². The van der Waals surface area contributed by atoms with Crippen molar-refractivity contribution in [2.24, 2.45) is 17.8 Å². The van der Waals surface area contributed by atoms with E-state index in [1.165, 1.54) is 199 Å². The van der Waals surface area contributed by atoms with Gasteiger partial charge in [-0.2, -0.15) is 0 Å². The molecule has 3 N–H and O–H groups in total. The van der Waals surface area contributed by atoms with Crippen molar-refractivity contribution in [1.82, 2.24) is 0 Å². The summed E-state index contributed by atoms with van der Waals surface area (Å²) >= 11 is 0. The molecule has 3 unspecified atom stereocenters. The van der Waals surface area contributed by atoms with Crippen LogP contribution in [0.2, 0.25) is 0 Å². The van der Waals surface area contributed by atoms with Crippen LogP contribution in [0.5, 0.6) is 0 Å². The van der Waals surface area contributed by atoms with Gasteiger partial charge in [-0.1, -0.05) is 344 Å². The summed E-state index contributed by atoms with van der Waals surface area (Å²) in [7, 11) is -9.91. The van der Waals surface area contributed by atoms with Crippen molar-refractivity contribution in [1.29, 1.82) is 0 Å². The lowest BCUT2D eigenvalue weighted by atomic mass is 9.99. The fourth-order valence-corrected chi connectivity index (χ4v) is 13.3. The average Bonchev–Trinajstić information content (AvgIpc) is 1.24. The van der Waals surface area contributed by atoms with Gasteiger partial charge < -0.3 is 33.8 Å². The van der Waals surface area contributed by atoms with Crippen molar-refractivity contribution in [3.8, 4) is 0 Å². The third-order valence-corrected chi connectivity index (χ3v) is 20.1. The molecule has 0 fully saturated rings. The Kier molecular flexibility index (Phi) is 66.2. The minimum absolute atomic E-state index is 0.106. The van der Waals surface area contributed by atoms with Crippen molar-refractivity contribution in [2.75, 3.05) is 39.6 Å². The number of phosphoric acid groups is 2. The summed E-state index contributed by atoms with van der Waals surface area (Å²) in [5.74, 6) is 0.190. The van der Waals surface area contributed by atoms with E-state index in [-0.39, 0.29) is 25.7 Å². The van der Waals surface area contributed by atoms with Crippen LogP contribution in [-0.2, 0) is 65.4 Å². The number of carbonyl (C=O) groups is 4. The molecule has 0 aliphatic rings. The smallest absolute Gasteiger partial charge is 0.462 e. The highest BCUT2D eigenvalue weighted by Gasteiger charge is 2.30. The van der Waals surface area contributed by atoms with Crippen LogP contribution in [0.3, 0.4) is 0 Å². The largest absolute Gasteiger partial charge is 0.472 e. The normalized spacial score (nSPS) is 14.3. The molecule has 570 valence electrons. The Bertz CT molecular complexity index is 1870. The highest BCUT2D eigenvalue weighted by Crippen LogP contribution is 2.45. The van der Waals surface area contributed by atoms with Crippen LogP contribution in [-0.4, -0.2) is 96.7 Å². The van der Waals surface area contributed by atoms with E-state index in [0.29, 0.717) is 31.6 Å². The van der Waals surface area contributed by atoms with Gasteiger partial charge in [0, 0.05) is 25.7 Å². The number of hydrogen-bond acceptors (Lipinski definition) is 15. The second kappa shape index (κ2) is 67.5. The van der Waals surface area contributed by atoms with Crippen LogP contribution >= 0.6 is 15.6 Å². The van der Waals surface area contributed by atoms with Gasteiger partial charge in [-0.3, -0.25) is 37.3 Å². The summed E-state index contributed by atoms with van der Waals surface area (Å²) in [5.41, 5.74) is 0. The maximum atomic E-state index is 13.1. The van der Waals surface area contributed by atoms with Crippen LogP contribution in [0, 0.1) is 17.8 Å². The van der Waals surface area contributed by atoms with Gasteiger partial charge in [-0.05, 0) is 43.4 Å². The van der Waals surface area contributed by atoms with E-state index < -0.39 is 97.5 Å². The van der Waals surface area contributed by atoms with Gasteiger partial charge in [0.05, 0.1) is 26.4 Å². The first-order chi connectivity index (χ1) is 46.3. The molecule has 0 rings (SSSR count). The molecule has 17 nitrogen and oxygen atoms in total. The zero-order valence-electron chi connectivity index (χ0n) is 62.8. The lowest BCUT2D eigenvalue weighted by Crippen LogP contribution is -2.30. The van der Waals surface area contributed by atoms with Gasteiger partial charge in [0.25, 0.3) is 0 Å². The van der Waals surface area contributed by atoms with Crippen molar-refractivity contribution in [2.45, 2.75) is 414 Å². The SMILES string of the molecule is CCCCCCCCCCCCCCC(=O)O[C@H](COC(=O)CCCCCCCCC(C)C)COP(=O)(O)OC[C@H](O)COP(=O)(O)OC[C@@H](COC(=O)CCCCCCCCCCCCC(C)C)OC(=O)CCCCCCCCCCCCCCCCCCCCC(C)CC. The highest BCUT2D eigenvalue weighted by atomic mass is 31.2. The summed E-state index contributed by atoms with van der Waals surface area (Å²) in [6.07, 6.45) is 54.3. The van der Waals surface area contributed by atoms with Crippen LogP contribution in [0.15, 0.2) is 0 Å². The number of aliphatic hydroxyl groups is 1. The van der Waals surface area contributed by atoms with E-state index in [0.717, 1.165) is 108 Å². The molecule has 0 aromatic rings. The lowest BCUT2D eigenvalue weighted by molar-refractivity contribution is -0.161. The molecule has 19 heteroatoms. The molecular formula is C77H150O17P2. The standard InChI is InChI=1S/C77H150O17P2/c1-8-10-11-12-13-14-15-25-32-37-46-53-60-76(81)94-73(65-88-75(80)59-52-45-40-39-42-49-56-69(5)6)67-92-96(85,86)90-63-71(78)62-89-95(83,84)91-66-72(64-87-74(79)58-51-44-36-31-28-27-29-34-41-48-55-68(3)4)93-77(82)61-54-47-38-33-26-23-21-19-17-16-18-20-22-24-30-35-43-50-57-70(7)9-2/h68-73,78H,8-67H2,1-7H3,(H,83,84)(H,85,86)/t70?,71-,72-,73-/m1/s1. The maximum Gasteiger partial charge on any atom is 0.472 e. The highest BCUT2D eigenvalue weighted by molar-refractivity contribution is 7.47. The number of esters is 4. The molecule has 0 amide bonds. The number of ether oxygens (including phenoxy) is 4. The molecule has 0 saturated heterocycles. The predicted octanol–water partition coefficient (Wildman–Crippen LogP) is 22.6. The van der Waals surface area contributed by atoms with E-state index >= 15 is 0 Å². The Morgan fingerprint density at radius 3 is 0.792 bits per heavy atom. The van der Waals surface area contributed by atoms with Gasteiger partial charge >= 0.3 is 39.5 Å². The first-order valence-electron chi connectivity index (χ1n) is 39.9. The third kappa shape index (κ3) is 69.2. The number of aliphatic hydroxyl groups excluding tert-OH is 1. The van der Waals surface area contributed by atoms with E-state index in [4.69, 9.17) is 37.0 Å². The van der Waals surface area contributed by atoms with Gasteiger partial charge in [-0.25, -0.2) is 9.13 Å². The first-order valence-corrected chi connectivity index (χ1v) is 42.9. The van der Waals surface area contributed by atoms with E-state index in [9.17, 15) is 43.2 Å². The fourth-order valence-electron chi connectivity index (χ4n) is 11.7. The quantitative estimate of drug-likeness (QED) is 0.0222. The summed E-state index contributed by atoms with van der Waals surface area (Å²) < 4.78 is 68.5. The molecular weight excluding hydrogens is 1260 g/mol. The number of carbonyl (C=O) groups excluding carboxylic acids is 4. The summed E-state index contributed by atoms with van der Waals surface area (Å²) in [6, 6.07) is 0. The van der Waals surface area contributed by atoms with Gasteiger partial charge in [0.15, 0.2) is 12.2 Å². The molecule has 0 spiro atoms. The monoisotopic (exact) mass is 1410 g/mol. The maximum absolute atomic E-state index is 13.1. The van der Waals surface area contributed by atoms with E-state index in [2.05, 4.69) is 48.5 Å². The Balaban J connectivity index is 5.18. The molecule has 0 radical (unpaired) electrons. The Morgan fingerprint density at radius 1 is 0.302 bits per heavy atom. The van der Waals surface area contributed by atoms with Crippen LogP contribution in [0.4, 0.5) is 0 Å². The Labute approximate surface area is 588 Å². The second-order valence-electron chi connectivity index (χ2n) is 28.9. The fraction of sp³-hybridized carbons (Fsp3) is 0.948. The molecule has 0 aromatic carbocycles. The lowest BCUT2D eigenvalue weighted by Gasteiger charge is -2.21. The van der Waals surface area contributed by atoms with E-state index in [1.54, 1.807) is 0 Å². The number of unbranched alkanes of at least 4 members (excludes halogenated alkanes) is 42. The van der Waals surface area contributed by atoms with E-state index in [1.807, 2.05) is 0 Å². The van der Waals surface area contributed by atoms with Crippen LogP contribution < -0.4 is 0 Å². The molecule has 96 heavy (non-hydrogen) atoms. The molecule has 0 aliphatic carbocycles. The van der Waals surface area contributed by atoms with Crippen molar-refractivity contribution >= 4 is 39.5 Å². The first kappa shape index (κ1) is 94.1. The minimum atomic E-state index is -4.96. The van der Waals surface area contributed by atoms with Crippen molar-refractivity contribution in [3.05, 3.63) is 0 Å². The molecule has 6 atom stereocenters. The number of rotatable bonds is 75. The second-order valence-corrected chi connectivity index (χ2v) is 31.8. The Hall–Kier alpha value is -1.94. The zero-order chi connectivity index (χ0) is 70.9. The summed E-state index contributed by atoms with van der Waals surface area (Å²) in [5, 5.41) is 10.6. The van der Waals surface area contributed by atoms with Crippen molar-refractivity contribution < 1.29 is 80.2 Å². The zero-order valence-corrected chi connectivity index (χ0v) is 64.6. The molecule has 0 saturated carbocycles. The Morgan fingerprint density at radius 2 is 0.531 bits per heavy atom. The van der Waals surface area contributed by atoms with Gasteiger partial charge in [0.2, 0.25) is 0 Å². The topological polar surface area (TPSA) is 237 Å². The third-order valence-electron chi connectivity index (χ3n) is 18.2. The summed E-state index contributed by atoms with van der Waals surface area (Å²) in [4.78, 5) is 72.8. The molecule has 0 aliphatic heterocycles. The van der Waals surface area contributed by atoms with Crippen LogP contribution in [0.1, 0.15) is 395 Å². The molecule has 0 bridgehead atoms. The van der Waals surface area contributed by atoms with Gasteiger partial charge in [0.1, 0.15) is 19.3 Å². The van der Waals surface area contributed by atoms with Gasteiger partial charge in [-0.15, -0.1) is 0 Å². The average molecular weight is 1410 g/mol. The number of phosphoric ester groups is 2. The molecule has 0 heterocycles. The predicted molar refractivity (Wildman–Crippen MR) is 391 cm³/mol. The summed E-state index contributed by atoms with van der Waals surface area (Å²) in [6.45, 7) is 11.9. The van der Waals surface area contributed by atoms with Crippen molar-refractivity contribution in [3.63, 3.8) is 0 Å². The molecule has 0 aromatic heterocycles. The minimum Gasteiger partial charge on any atom is -0.462 e. The number of hydrogen-bond donors (Lipinski definition) is 3.